The lowest BCUT2D eigenvalue weighted by molar-refractivity contribution is -0.138. The predicted octanol–water partition coefficient (Wildman–Crippen LogP) is -0.410. The van der Waals surface area contributed by atoms with Gasteiger partial charge in [-0.2, -0.15) is 0 Å². The normalized spacial score (nSPS) is 22.8. The van der Waals surface area contributed by atoms with Crippen LogP contribution in [0.1, 0.15) is 32.6 Å². The van der Waals surface area contributed by atoms with Gasteiger partial charge in [0.15, 0.2) is 0 Å². The molecular formula is C10H19N3O2. The molecule has 0 spiro atoms. The number of nitrogens with two attached hydrogens (primary N) is 2. The molecule has 2 atom stereocenters. The van der Waals surface area contributed by atoms with Crippen LogP contribution in [0.15, 0.2) is 0 Å². The molecule has 0 saturated carbocycles. The third kappa shape index (κ3) is 2.68. The highest BCUT2D eigenvalue weighted by atomic mass is 16.2. The van der Waals surface area contributed by atoms with Gasteiger partial charge in [-0.05, 0) is 19.3 Å². The van der Waals surface area contributed by atoms with Crippen LogP contribution < -0.4 is 11.5 Å². The maximum atomic E-state index is 11.8. The summed E-state index contributed by atoms with van der Waals surface area (Å²) in [5.41, 5.74) is 11.0. The van der Waals surface area contributed by atoms with Gasteiger partial charge in [0.1, 0.15) is 6.04 Å². The topological polar surface area (TPSA) is 89.4 Å². The second-order valence-electron chi connectivity index (χ2n) is 3.99. The number of carbonyl (C=O) groups excluding carboxylic acids is 2. The van der Waals surface area contributed by atoms with Crippen LogP contribution in [0.3, 0.4) is 0 Å². The average Bonchev–Trinajstić information content (AvgIpc) is 2.65. The Hall–Kier alpha value is -1.10. The Kier molecular flexibility index (Phi) is 4.08. The molecule has 2 amide bonds. The summed E-state index contributed by atoms with van der Waals surface area (Å²) >= 11 is 0. The van der Waals surface area contributed by atoms with Crippen LogP contribution in [0.4, 0.5) is 0 Å². The fourth-order valence-electron chi connectivity index (χ4n) is 1.97. The molecular weight excluding hydrogens is 194 g/mol. The molecule has 1 fully saturated rings. The number of hydrogen-bond donors (Lipinski definition) is 2. The van der Waals surface area contributed by atoms with E-state index in [0.717, 1.165) is 12.8 Å². The van der Waals surface area contributed by atoms with E-state index >= 15 is 0 Å². The lowest BCUT2D eigenvalue weighted by atomic mass is 10.1. The van der Waals surface area contributed by atoms with E-state index in [9.17, 15) is 9.59 Å². The molecule has 4 N–H and O–H groups in total. The first-order valence-corrected chi connectivity index (χ1v) is 5.43. The van der Waals surface area contributed by atoms with E-state index in [1.807, 2.05) is 6.92 Å². The Bertz CT molecular complexity index is 255. The maximum absolute atomic E-state index is 11.8. The molecule has 1 unspecified atom stereocenters. The van der Waals surface area contributed by atoms with Crippen molar-refractivity contribution in [3.05, 3.63) is 0 Å². The lowest BCUT2D eigenvalue weighted by Crippen LogP contribution is -2.50. The first kappa shape index (κ1) is 12.0. The van der Waals surface area contributed by atoms with Crippen LogP contribution in [-0.4, -0.2) is 35.3 Å². The van der Waals surface area contributed by atoms with Gasteiger partial charge in [-0.15, -0.1) is 0 Å². The molecule has 1 aliphatic heterocycles. The van der Waals surface area contributed by atoms with Crippen molar-refractivity contribution in [2.45, 2.75) is 44.7 Å². The van der Waals surface area contributed by atoms with E-state index in [0.29, 0.717) is 19.4 Å². The highest BCUT2D eigenvalue weighted by molar-refractivity contribution is 5.89. The number of amides is 2. The Balaban J connectivity index is 2.62. The van der Waals surface area contributed by atoms with Gasteiger partial charge in [0, 0.05) is 6.54 Å². The number of carbonyl (C=O) groups is 2. The molecule has 1 heterocycles. The standard InChI is InChI=1S/C10H19N3O2/c1-2-4-7(11)10(15)13-6-3-5-8(13)9(12)14/h7-8H,2-6,11H2,1H3,(H2,12,14)/t7-,8?/m0/s1. The molecule has 5 heteroatoms. The maximum Gasteiger partial charge on any atom is 0.240 e. The number of nitrogens with zero attached hydrogens (tertiary/aromatic N) is 1. The van der Waals surface area contributed by atoms with Gasteiger partial charge in [0.25, 0.3) is 0 Å². The SMILES string of the molecule is CCC[C@H](N)C(=O)N1CCCC1C(N)=O. The summed E-state index contributed by atoms with van der Waals surface area (Å²) in [5.74, 6) is -0.567. The molecule has 1 saturated heterocycles. The molecule has 0 bridgehead atoms. The second kappa shape index (κ2) is 5.11. The van der Waals surface area contributed by atoms with E-state index in [1.54, 1.807) is 0 Å². The first-order valence-electron chi connectivity index (χ1n) is 5.43. The minimum atomic E-state index is -0.491. The zero-order valence-electron chi connectivity index (χ0n) is 9.11. The van der Waals surface area contributed by atoms with Crippen LogP contribution in [0.2, 0.25) is 0 Å². The molecule has 15 heavy (non-hydrogen) atoms. The van der Waals surface area contributed by atoms with Crippen molar-refractivity contribution in [3.8, 4) is 0 Å². The smallest absolute Gasteiger partial charge is 0.240 e. The van der Waals surface area contributed by atoms with Crippen molar-refractivity contribution in [2.24, 2.45) is 11.5 Å². The summed E-state index contributed by atoms with van der Waals surface area (Å²) in [6.07, 6.45) is 3.01. The fraction of sp³-hybridized carbons (Fsp3) is 0.800. The minimum absolute atomic E-state index is 0.141. The van der Waals surface area contributed by atoms with E-state index in [4.69, 9.17) is 11.5 Å². The number of rotatable bonds is 4. The van der Waals surface area contributed by atoms with Crippen LogP contribution >= 0.6 is 0 Å². The molecule has 0 aromatic carbocycles. The zero-order valence-corrected chi connectivity index (χ0v) is 9.11. The van der Waals surface area contributed by atoms with Crippen LogP contribution in [0, 0.1) is 0 Å². The Morgan fingerprint density at radius 1 is 1.53 bits per heavy atom. The van der Waals surface area contributed by atoms with Gasteiger partial charge < -0.3 is 16.4 Å². The van der Waals surface area contributed by atoms with Gasteiger partial charge in [0.05, 0.1) is 6.04 Å². The van der Waals surface area contributed by atoms with Crippen molar-refractivity contribution in [1.29, 1.82) is 0 Å². The molecule has 86 valence electrons. The third-order valence-corrected chi connectivity index (χ3v) is 2.78. The van der Waals surface area contributed by atoms with Crippen molar-refractivity contribution in [3.63, 3.8) is 0 Å². The Labute approximate surface area is 89.8 Å². The summed E-state index contributed by atoms with van der Waals surface area (Å²) in [7, 11) is 0. The highest BCUT2D eigenvalue weighted by Crippen LogP contribution is 2.18. The zero-order chi connectivity index (χ0) is 11.4. The fourth-order valence-corrected chi connectivity index (χ4v) is 1.97. The summed E-state index contributed by atoms with van der Waals surface area (Å²) < 4.78 is 0. The van der Waals surface area contributed by atoms with Crippen LogP contribution in [-0.2, 0) is 9.59 Å². The van der Waals surface area contributed by atoms with Gasteiger partial charge in [-0.1, -0.05) is 13.3 Å². The summed E-state index contributed by atoms with van der Waals surface area (Å²) in [6.45, 7) is 2.58. The monoisotopic (exact) mass is 213 g/mol. The van der Waals surface area contributed by atoms with E-state index in [-0.39, 0.29) is 5.91 Å². The predicted molar refractivity (Wildman–Crippen MR) is 56.8 cm³/mol. The molecule has 5 nitrogen and oxygen atoms in total. The lowest BCUT2D eigenvalue weighted by Gasteiger charge is -2.25. The average molecular weight is 213 g/mol. The molecule has 0 aliphatic carbocycles. The van der Waals surface area contributed by atoms with Gasteiger partial charge in [-0.25, -0.2) is 0 Å². The largest absolute Gasteiger partial charge is 0.368 e. The summed E-state index contributed by atoms with van der Waals surface area (Å²) in [5, 5.41) is 0. The summed E-state index contributed by atoms with van der Waals surface area (Å²) in [6, 6.07) is -0.935. The number of likely N-dealkylation sites (tertiary alicyclic amines) is 1. The Morgan fingerprint density at radius 3 is 2.73 bits per heavy atom. The van der Waals surface area contributed by atoms with Crippen molar-refractivity contribution >= 4 is 11.8 Å². The van der Waals surface area contributed by atoms with Gasteiger partial charge in [-0.3, -0.25) is 9.59 Å². The number of primary amides is 1. The molecule has 0 aromatic rings. The van der Waals surface area contributed by atoms with Gasteiger partial charge in [0.2, 0.25) is 11.8 Å². The minimum Gasteiger partial charge on any atom is -0.368 e. The molecule has 1 rings (SSSR count). The van der Waals surface area contributed by atoms with Crippen molar-refractivity contribution in [1.82, 2.24) is 4.90 Å². The third-order valence-electron chi connectivity index (χ3n) is 2.78. The van der Waals surface area contributed by atoms with Crippen LogP contribution in [0.25, 0.3) is 0 Å². The molecule has 1 aliphatic rings. The molecule has 0 aromatic heterocycles. The first-order chi connectivity index (χ1) is 7.07. The summed E-state index contributed by atoms with van der Waals surface area (Å²) in [4.78, 5) is 24.5. The molecule has 0 radical (unpaired) electrons. The van der Waals surface area contributed by atoms with Crippen molar-refractivity contribution in [2.75, 3.05) is 6.54 Å². The van der Waals surface area contributed by atoms with E-state index < -0.39 is 18.0 Å². The van der Waals surface area contributed by atoms with E-state index in [1.165, 1.54) is 4.90 Å². The Morgan fingerprint density at radius 2 is 2.20 bits per heavy atom. The van der Waals surface area contributed by atoms with Crippen molar-refractivity contribution < 1.29 is 9.59 Å². The number of hydrogen-bond acceptors (Lipinski definition) is 3. The highest BCUT2D eigenvalue weighted by Gasteiger charge is 2.34. The van der Waals surface area contributed by atoms with Gasteiger partial charge >= 0.3 is 0 Å². The van der Waals surface area contributed by atoms with Crippen LogP contribution in [0.5, 0.6) is 0 Å². The quantitative estimate of drug-likeness (QED) is 0.665. The van der Waals surface area contributed by atoms with E-state index in [2.05, 4.69) is 0 Å². The second-order valence-corrected chi connectivity index (χ2v) is 3.99.